The summed E-state index contributed by atoms with van der Waals surface area (Å²) in [5.41, 5.74) is 2.40. The Balaban J connectivity index is 2.15. The molecule has 0 heterocycles. The maximum atomic E-state index is 5.37. The van der Waals surface area contributed by atoms with Crippen LogP contribution in [0, 0.1) is 0 Å². The number of anilines is 1. The first-order valence-electron chi connectivity index (χ1n) is 6.97. The molecular weight excluding hydrogens is 394 g/mol. The van der Waals surface area contributed by atoms with E-state index in [9.17, 15) is 0 Å². The molecule has 0 aromatic heterocycles. The molecule has 0 bridgehead atoms. The van der Waals surface area contributed by atoms with Gasteiger partial charge in [-0.15, -0.1) is 0 Å². The first-order chi connectivity index (χ1) is 10.1. The van der Waals surface area contributed by atoms with Crippen molar-refractivity contribution in [2.45, 2.75) is 25.8 Å². The van der Waals surface area contributed by atoms with E-state index in [1.165, 1.54) is 5.56 Å². The third kappa shape index (κ3) is 4.48. The van der Waals surface area contributed by atoms with Crippen LogP contribution in [-0.2, 0) is 6.42 Å². The van der Waals surface area contributed by atoms with E-state index in [0.717, 1.165) is 33.2 Å². The zero-order valence-corrected chi connectivity index (χ0v) is 15.4. The smallest absolute Gasteiger partial charge is 0.135 e. The fourth-order valence-electron chi connectivity index (χ4n) is 2.21. The van der Waals surface area contributed by atoms with Crippen LogP contribution in [0.4, 0.5) is 5.69 Å². The van der Waals surface area contributed by atoms with Crippen molar-refractivity contribution in [2.24, 2.45) is 0 Å². The largest absolute Gasteiger partial charge is 0.495 e. The Morgan fingerprint density at radius 3 is 2.43 bits per heavy atom. The van der Waals surface area contributed by atoms with E-state index < -0.39 is 0 Å². The fourth-order valence-corrected chi connectivity index (χ4v) is 3.48. The van der Waals surface area contributed by atoms with Gasteiger partial charge in [0.2, 0.25) is 0 Å². The molecule has 1 N–H and O–H groups in total. The van der Waals surface area contributed by atoms with Crippen LogP contribution in [0.15, 0.2) is 51.4 Å². The lowest BCUT2D eigenvalue weighted by molar-refractivity contribution is 0.412. The number of hydrogen-bond acceptors (Lipinski definition) is 2. The molecular formula is C17H19Br2NO. The zero-order chi connectivity index (χ0) is 15.2. The van der Waals surface area contributed by atoms with Gasteiger partial charge in [-0.2, -0.15) is 0 Å². The lowest BCUT2D eigenvalue weighted by atomic mass is 10.0. The highest BCUT2D eigenvalue weighted by atomic mass is 79.9. The third-order valence-corrected chi connectivity index (χ3v) is 4.69. The maximum Gasteiger partial charge on any atom is 0.135 e. The predicted octanol–water partition coefficient (Wildman–Crippen LogP) is 5.65. The van der Waals surface area contributed by atoms with Gasteiger partial charge in [0.05, 0.1) is 17.3 Å². The number of ether oxygens (including phenoxy) is 1. The highest BCUT2D eigenvalue weighted by molar-refractivity contribution is 9.11. The first-order valence-corrected chi connectivity index (χ1v) is 8.56. The van der Waals surface area contributed by atoms with Crippen LogP contribution >= 0.6 is 31.9 Å². The lowest BCUT2D eigenvalue weighted by Gasteiger charge is -2.20. The van der Waals surface area contributed by atoms with Crippen molar-refractivity contribution in [3.05, 3.63) is 57.0 Å². The molecule has 0 radical (unpaired) electrons. The average Bonchev–Trinajstić information content (AvgIpc) is 2.50. The highest BCUT2D eigenvalue weighted by Crippen LogP contribution is 2.35. The summed E-state index contributed by atoms with van der Waals surface area (Å²) in [6.07, 6.45) is 2.06. The van der Waals surface area contributed by atoms with Crippen LogP contribution in [0.1, 0.15) is 18.9 Å². The summed E-state index contributed by atoms with van der Waals surface area (Å²) in [7, 11) is 1.68. The molecule has 0 aliphatic heterocycles. The monoisotopic (exact) mass is 411 g/mol. The van der Waals surface area contributed by atoms with Gasteiger partial charge in [0.1, 0.15) is 5.75 Å². The van der Waals surface area contributed by atoms with Gasteiger partial charge in [0.25, 0.3) is 0 Å². The number of halogens is 2. The van der Waals surface area contributed by atoms with Gasteiger partial charge in [-0.05, 0) is 56.3 Å². The molecule has 0 saturated carbocycles. The Kier molecular flexibility index (Phi) is 6.12. The minimum absolute atomic E-state index is 0.384. The normalized spacial score (nSPS) is 12.0. The molecule has 2 rings (SSSR count). The maximum absolute atomic E-state index is 5.37. The van der Waals surface area contributed by atoms with Crippen molar-refractivity contribution in [3.63, 3.8) is 0 Å². The van der Waals surface area contributed by atoms with Crippen molar-refractivity contribution >= 4 is 37.5 Å². The Bertz CT molecular complexity index is 587. The standard InChI is InChI=1S/C17H19Br2NO/c1-3-13(9-12-7-5-4-6-8-12)20-16-11-17(21-2)15(19)10-14(16)18/h4-8,10-11,13,20H,3,9H2,1-2H3. The molecule has 2 aromatic rings. The van der Waals surface area contributed by atoms with Gasteiger partial charge in [-0.1, -0.05) is 37.3 Å². The molecule has 4 heteroatoms. The van der Waals surface area contributed by atoms with E-state index in [-0.39, 0.29) is 0 Å². The summed E-state index contributed by atoms with van der Waals surface area (Å²) in [6, 6.07) is 15.0. The first kappa shape index (κ1) is 16.4. The summed E-state index contributed by atoms with van der Waals surface area (Å²) in [5, 5.41) is 3.60. The second kappa shape index (κ2) is 7.85. The van der Waals surface area contributed by atoms with Crippen molar-refractivity contribution in [3.8, 4) is 5.75 Å². The number of methoxy groups -OCH3 is 1. The molecule has 2 aromatic carbocycles. The molecule has 0 aliphatic rings. The molecule has 1 atom stereocenters. The molecule has 21 heavy (non-hydrogen) atoms. The van der Waals surface area contributed by atoms with Crippen LogP contribution in [0.2, 0.25) is 0 Å². The van der Waals surface area contributed by atoms with Crippen LogP contribution in [0.5, 0.6) is 5.75 Å². The van der Waals surface area contributed by atoms with E-state index in [0.29, 0.717) is 6.04 Å². The molecule has 0 aliphatic carbocycles. The van der Waals surface area contributed by atoms with E-state index in [2.05, 4.69) is 68.4 Å². The van der Waals surface area contributed by atoms with Gasteiger partial charge in [0, 0.05) is 16.6 Å². The highest BCUT2D eigenvalue weighted by Gasteiger charge is 2.12. The zero-order valence-electron chi connectivity index (χ0n) is 12.2. The van der Waals surface area contributed by atoms with Crippen LogP contribution in [-0.4, -0.2) is 13.2 Å². The number of rotatable bonds is 6. The molecule has 1 unspecified atom stereocenters. The molecule has 0 amide bonds. The number of hydrogen-bond donors (Lipinski definition) is 1. The van der Waals surface area contributed by atoms with Crippen molar-refractivity contribution in [1.29, 1.82) is 0 Å². The second-order valence-corrected chi connectivity index (χ2v) is 6.61. The molecule has 0 saturated heterocycles. The number of nitrogens with one attached hydrogen (secondary N) is 1. The minimum atomic E-state index is 0.384. The van der Waals surface area contributed by atoms with E-state index >= 15 is 0 Å². The quantitative estimate of drug-likeness (QED) is 0.661. The second-order valence-electron chi connectivity index (χ2n) is 4.91. The van der Waals surface area contributed by atoms with Crippen LogP contribution in [0.3, 0.4) is 0 Å². The van der Waals surface area contributed by atoms with E-state index in [4.69, 9.17) is 4.74 Å². The Hall–Kier alpha value is -1.000. The summed E-state index contributed by atoms with van der Waals surface area (Å²) < 4.78 is 7.34. The van der Waals surface area contributed by atoms with Crippen LogP contribution in [0.25, 0.3) is 0 Å². The summed E-state index contributed by atoms with van der Waals surface area (Å²) in [6.45, 7) is 2.20. The van der Waals surface area contributed by atoms with Crippen molar-refractivity contribution in [1.82, 2.24) is 0 Å². The van der Waals surface area contributed by atoms with Gasteiger partial charge >= 0.3 is 0 Å². The van der Waals surface area contributed by atoms with Crippen molar-refractivity contribution < 1.29 is 4.74 Å². The van der Waals surface area contributed by atoms with Gasteiger partial charge in [-0.3, -0.25) is 0 Å². The summed E-state index contributed by atoms with van der Waals surface area (Å²) in [5.74, 6) is 0.829. The fraction of sp³-hybridized carbons (Fsp3) is 0.294. The summed E-state index contributed by atoms with van der Waals surface area (Å²) in [4.78, 5) is 0. The Morgan fingerprint density at radius 1 is 1.10 bits per heavy atom. The Morgan fingerprint density at radius 2 is 1.81 bits per heavy atom. The number of benzene rings is 2. The van der Waals surface area contributed by atoms with Crippen LogP contribution < -0.4 is 10.1 Å². The van der Waals surface area contributed by atoms with E-state index in [1.54, 1.807) is 7.11 Å². The topological polar surface area (TPSA) is 21.3 Å². The van der Waals surface area contributed by atoms with Crippen molar-refractivity contribution in [2.75, 3.05) is 12.4 Å². The van der Waals surface area contributed by atoms with Gasteiger partial charge in [0.15, 0.2) is 0 Å². The van der Waals surface area contributed by atoms with E-state index in [1.807, 2.05) is 18.2 Å². The molecule has 0 spiro atoms. The van der Waals surface area contributed by atoms with Gasteiger partial charge < -0.3 is 10.1 Å². The average molecular weight is 413 g/mol. The molecule has 0 fully saturated rings. The minimum Gasteiger partial charge on any atom is -0.495 e. The SMILES string of the molecule is CCC(Cc1ccccc1)Nc1cc(OC)c(Br)cc1Br. The lowest BCUT2D eigenvalue weighted by Crippen LogP contribution is -2.21. The predicted molar refractivity (Wildman–Crippen MR) is 96.2 cm³/mol. The molecule has 112 valence electrons. The van der Waals surface area contributed by atoms with Gasteiger partial charge in [-0.25, -0.2) is 0 Å². The summed E-state index contributed by atoms with van der Waals surface area (Å²) >= 11 is 7.10. The molecule has 2 nitrogen and oxygen atoms in total. The third-order valence-electron chi connectivity index (χ3n) is 3.42. The Labute approximate surface area is 143 Å².